The fourth-order valence-corrected chi connectivity index (χ4v) is 5.67. The maximum Gasteiger partial charge on any atom is 0.141 e. The van der Waals surface area contributed by atoms with E-state index < -0.39 is 0 Å². The van der Waals surface area contributed by atoms with Crippen LogP contribution in [0.3, 0.4) is 0 Å². The maximum atomic E-state index is 6.77. The minimum atomic E-state index is 0.253. The average Bonchev–Trinajstić information content (AvgIpc) is 3.34. The van der Waals surface area contributed by atoms with E-state index in [0.717, 1.165) is 53.0 Å². The number of benzene rings is 2. The smallest absolute Gasteiger partial charge is 0.141 e. The van der Waals surface area contributed by atoms with Gasteiger partial charge in [0.25, 0.3) is 0 Å². The molecule has 1 unspecified atom stereocenters. The first-order chi connectivity index (χ1) is 18.8. The fourth-order valence-electron chi connectivity index (χ4n) is 4.98. The monoisotopic (exact) mass is 566 g/mol. The number of hydrogen-bond acceptors (Lipinski definition) is 8. The molecule has 0 amide bonds. The zero-order valence-corrected chi connectivity index (χ0v) is 24.2. The molecule has 0 bridgehead atoms. The maximum absolute atomic E-state index is 6.77. The van der Waals surface area contributed by atoms with Crippen molar-refractivity contribution in [3.05, 3.63) is 58.2 Å². The van der Waals surface area contributed by atoms with E-state index in [1.807, 2.05) is 37.5 Å². The molecule has 2 aromatic heterocycles. The van der Waals surface area contributed by atoms with Gasteiger partial charge in [-0.1, -0.05) is 35.3 Å². The van der Waals surface area contributed by atoms with E-state index in [1.165, 1.54) is 0 Å². The van der Waals surface area contributed by atoms with Crippen molar-refractivity contribution in [1.82, 2.24) is 14.9 Å². The molecule has 3 N–H and O–H groups in total. The van der Waals surface area contributed by atoms with Gasteiger partial charge < -0.3 is 30.3 Å². The number of anilines is 4. The minimum absolute atomic E-state index is 0.253. The van der Waals surface area contributed by atoms with Crippen molar-refractivity contribution in [1.29, 1.82) is 0 Å². The van der Waals surface area contributed by atoms with E-state index in [1.54, 1.807) is 20.3 Å². The van der Waals surface area contributed by atoms with Crippen LogP contribution < -0.4 is 25.4 Å². The highest BCUT2D eigenvalue weighted by Gasteiger charge is 2.24. The van der Waals surface area contributed by atoms with Crippen molar-refractivity contribution >= 4 is 57.0 Å². The minimum Gasteiger partial charge on any atom is -0.495 e. The Kier molecular flexibility index (Phi) is 7.88. The topological polar surface area (TPSA) is 83.6 Å². The van der Waals surface area contributed by atoms with Crippen LogP contribution in [-0.2, 0) is 0 Å². The standard InChI is InChI=1S/C29H32Cl2N6O2/c1-16-7-6-8-20(32-2)28(16)36-24-12-19-17(14-33-24)11-21(35-29(19)34-18-9-10-37(3)15-18)25-26(30)22(38-4)13-23(39-5)27(25)31/h6-8,11-14,18,32H,9-10,15H2,1-5H3,(H,33,36)(H,34,35). The molecule has 39 heavy (non-hydrogen) atoms. The highest BCUT2D eigenvalue weighted by atomic mass is 35.5. The lowest BCUT2D eigenvalue weighted by Crippen LogP contribution is -2.24. The number of aromatic nitrogens is 2. The summed E-state index contributed by atoms with van der Waals surface area (Å²) in [6.07, 6.45) is 2.86. The number of fused-ring (bicyclic) bond motifs is 1. The summed E-state index contributed by atoms with van der Waals surface area (Å²) in [6.45, 7) is 4.01. The summed E-state index contributed by atoms with van der Waals surface area (Å²) in [6, 6.07) is 12.0. The Morgan fingerprint density at radius 1 is 1.05 bits per heavy atom. The molecule has 10 heteroatoms. The third kappa shape index (κ3) is 5.37. The van der Waals surface area contributed by atoms with Gasteiger partial charge in [0.2, 0.25) is 0 Å². The highest BCUT2D eigenvalue weighted by molar-refractivity contribution is 6.41. The van der Waals surface area contributed by atoms with Crippen molar-refractivity contribution in [2.45, 2.75) is 19.4 Å². The molecule has 0 aliphatic carbocycles. The van der Waals surface area contributed by atoms with Crippen molar-refractivity contribution in [3.8, 4) is 22.8 Å². The number of rotatable bonds is 8. The molecular weight excluding hydrogens is 535 g/mol. The van der Waals surface area contributed by atoms with E-state index in [2.05, 4.69) is 40.9 Å². The second kappa shape index (κ2) is 11.3. The Balaban J connectivity index is 1.66. The first-order valence-electron chi connectivity index (χ1n) is 12.7. The van der Waals surface area contributed by atoms with Gasteiger partial charge in [0.1, 0.15) is 23.1 Å². The predicted molar refractivity (Wildman–Crippen MR) is 162 cm³/mol. The predicted octanol–water partition coefficient (Wildman–Crippen LogP) is 6.83. The largest absolute Gasteiger partial charge is 0.495 e. The molecule has 3 heterocycles. The van der Waals surface area contributed by atoms with Gasteiger partial charge in [-0.15, -0.1) is 0 Å². The summed E-state index contributed by atoms with van der Waals surface area (Å²) in [4.78, 5) is 12.1. The lowest BCUT2D eigenvalue weighted by molar-refractivity contribution is 0.395. The summed E-state index contributed by atoms with van der Waals surface area (Å²) in [5.74, 6) is 2.37. The first kappa shape index (κ1) is 27.1. The van der Waals surface area contributed by atoms with Gasteiger partial charge in [-0.3, -0.25) is 0 Å². The first-order valence-corrected chi connectivity index (χ1v) is 13.5. The number of para-hydroxylation sites is 1. The number of nitrogens with one attached hydrogen (secondary N) is 3. The number of hydrogen-bond donors (Lipinski definition) is 3. The summed E-state index contributed by atoms with van der Waals surface area (Å²) >= 11 is 13.5. The average molecular weight is 568 g/mol. The number of nitrogens with zero attached hydrogens (tertiary/aromatic N) is 3. The Morgan fingerprint density at radius 2 is 1.79 bits per heavy atom. The van der Waals surface area contributed by atoms with Crippen LogP contribution in [0.5, 0.6) is 11.5 Å². The zero-order chi connectivity index (χ0) is 27.7. The van der Waals surface area contributed by atoms with Gasteiger partial charge in [-0.25, -0.2) is 9.97 Å². The molecule has 0 spiro atoms. The van der Waals surface area contributed by atoms with Crippen LogP contribution in [-0.4, -0.2) is 62.3 Å². The molecule has 1 fully saturated rings. The Morgan fingerprint density at radius 3 is 2.44 bits per heavy atom. The Labute approximate surface area is 238 Å². The molecule has 1 aliphatic heterocycles. The fraction of sp³-hybridized carbons (Fsp3) is 0.310. The number of likely N-dealkylation sites (tertiary alicyclic amines) is 1. The molecule has 0 saturated carbocycles. The Bertz CT molecular complexity index is 1500. The van der Waals surface area contributed by atoms with Gasteiger partial charge in [0.05, 0.1) is 41.3 Å². The quantitative estimate of drug-likeness (QED) is 0.214. The van der Waals surface area contributed by atoms with Crippen LogP contribution in [0.4, 0.5) is 23.0 Å². The van der Waals surface area contributed by atoms with E-state index in [-0.39, 0.29) is 6.04 Å². The number of pyridine rings is 2. The molecule has 5 rings (SSSR count). The van der Waals surface area contributed by atoms with E-state index in [9.17, 15) is 0 Å². The molecule has 204 valence electrons. The number of ether oxygens (including phenoxy) is 2. The second-order valence-corrected chi connectivity index (χ2v) is 10.5. The molecule has 1 aliphatic rings. The van der Waals surface area contributed by atoms with E-state index in [4.69, 9.17) is 42.6 Å². The molecule has 4 aromatic rings. The van der Waals surface area contributed by atoms with Crippen LogP contribution in [0, 0.1) is 6.92 Å². The highest BCUT2D eigenvalue weighted by Crippen LogP contribution is 2.46. The molecular formula is C29H32Cl2N6O2. The van der Waals surface area contributed by atoms with Gasteiger partial charge >= 0.3 is 0 Å². The Hall–Kier alpha value is -3.46. The molecule has 2 aromatic carbocycles. The van der Waals surface area contributed by atoms with E-state index in [0.29, 0.717) is 38.6 Å². The summed E-state index contributed by atoms with van der Waals surface area (Å²) < 4.78 is 11.0. The van der Waals surface area contributed by atoms with E-state index >= 15 is 0 Å². The number of aryl methyl sites for hydroxylation is 1. The van der Waals surface area contributed by atoms with Gasteiger partial charge in [0.15, 0.2) is 0 Å². The van der Waals surface area contributed by atoms with Gasteiger partial charge in [0, 0.05) is 48.2 Å². The zero-order valence-electron chi connectivity index (χ0n) is 22.7. The van der Waals surface area contributed by atoms with Crippen LogP contribution in [0.1, 0.15) is 12.0 Å². The SMILES string of the molecule is CNc1cccc(C)c1Nc1cc2c(NC3CCN(C)C3)nc(-c3c(Cl)c(OC)cc(OC)c3Cl)cc2cn1. The summed E-state index contributed by atoms with van der Waals surface area (Å²) in [7, 11) is 7.15. The molecule has 1 atom stereocenters. The summed E-state index contributed by atoms with van der Waals surface area (Å²) in [5.41, 5.74) is 4.23. The third-order valence-electron chi connectivity index (χ3n) is 7.07. The van der Waals surface area contributed by atoms with Crippen LogP contribution in [0.15, 0.2) is 42.6 Å². The van der Waals surface area contributed by atoms with Crippen molar-refractivity contribution < 1.29 is 9.47 Å². The third-order valence-corrected chi connectivity index (χ3v) is 7.82. The molecule has 1 saturated heterocycles. The van der Waals surface area contributed by atoms with Crippen molar-refractivity contribution in [2.75, 3.05) is 57.4 Å². The lowest BCUT2D eigenvalue weighted by atomic mass is 10.1. The number of likely N-dealkylation sites (N-methyl/N-ethyl adjacent to an activating group) is 1. The van der Waals surface area contributed by atoms with Gasteiger partial charge in [-0.05, 0) is 50.7 Å². The summed E-state index contributed by atoms with van der Waals surface area (Å²) in [5, 5.41) is 13.0. The lowest BCUT2D eigenvalue weighted by Gasteiger charge is -2.19. The van der Waals surface area contributed by atoms with Gasteiger partial charge in [-0.2, -0.15) is 0 Å². The molecule has 8 nitrogen and oxygen atoms in total. The van der Waals surface area contributed by atoms with Crippen LogP contribution in [0.2, 0.25) is 10.0 Å². The van der Waals surface area contributed by atoms with Crippen LogP contribution in [0.25, 0.3) is 22.0 Å². The van der Waals surface area contributed by atoms with Crippen molar-refractivity contribution in [2.24, 2.45) is 0 Å². The molecule has 0 radical (unpaired) electrons. The normalized spacial score (nSPS) is 15.4. The second-order valence-electron chi connectivity index (χ2n) is 9.70. The van der Waals surface area contributed by atoms with Crippen molar-refractivity contribution in [3.63, 3.8) is 0 Å². The number of halogens is 2. The number of methoxy groups -OCH3 is 2. The van der Waals surface area contributed by atoms with Crippen LogP contribution >= 0.6 is 23.2 Å².